The lowest BCUT2D eigenvalue weighted by molar-refractivity contribution is -0.137. The monoisotopic (exact) mass is 445 g/mol. The van der Waals surface area contributed by atoms with E-state index in [4.69, 9.17) is 14.6 Å². The average Bonchev–Trinajstić information content (AvgIpc) is 2.98. The van der Waals surface area contributed by atoms with Crippen molar-refractivity contribution in [1.82, 2.24) is 0 Å². The third-order valence-corrected chi connectivity index (χ3v) is 6.45. The van der Waals surface area contributed by atoms with Crippen LogP contribution < -0.4 is 14.4 Å². The molecule has 0 fully saturated rings. The zero-order valence-corrected chi connectivity index (χ0v) is 19.9. The molecule has 170 valence electrons. The maximum Gasteiger partial charge on any atom is 0.306 e. The van der Waals surface area contributed by atoms with Gasteiger partial charge in [-0.2, -0.15) is 0 Å². The molecule has 0 radical (unpaired) electrons. The van der Waals surface area contributed by atoms with Gasteiger partial charge >= 0.3 is 5.97 Å². The van der Waals surface area contributed by atoms with Crippen LogP contribution in [0.2, 0.25) is 0 Å². The molecule has 1 heterocycles. The summed E-state index contributed by atoms with van der Waals surface area (Å²) in [6.07, 6.45) is 3.71. The number of unbranched alkanes of at least 4 members (excludes halogenated alkanes) is 1. The standard InChI is InChI=1S/C21H25NO4S.C4H10/c1-3-15-13-22(16-7-5-4-6-8-16)17-11-18(25-2)19(12-20(17)27-14-15)26-10-9-21(23)24;1-3-4-2/h4-8,11-12,15H,3,9-10,13-14H2,1-2H3,(H,23,24);3-4H2,1-2H3. The number of aliphatic carboxylic acids is 1. The molecule has 3 rings (SSSR count). The third kappa shape index (κ3) is 7.39. The lowest BCUT2D eigenvalue weighted by Gasteiger charge is -2.28. The SMILES string of the molecule is CCC1CSc2cc(OCCC(=O)O)c(OC)cc2N(c2ccccc2)C1.CCCC. The maximum atomic E-state index is 10.8. The van der Waals surface area contributed by atoms with E-state index in [-0.39, 0.29) is 13.0 Å². The van der Waals surface area contributed by atoms with Crippen LogP contribution in [0.3, 0.4) is 0 Å². The first-order valence-corrected chi connectivity index (χ1v) is 12.0. The van der Waals surface area contributed by atoms with E-state index in [0.29, 0.717) is 17.4 Å². The molecule has 31 heavy (non-hydrogen) atoms. The Kier molecular flexibility index (Phi) is 10.6. The number of carbonyl (C=O) groups is 1. The van der Waals surface area contributed by atoms with Gasteiger partial charge in [-0.05, 0) is 24.1 Å². The Morgan fingerprint density at radius 1 is 1.13 bits per heavy atom. The molecule has 1 N–H and O–H groups in total. The number of methoxy groups -OCH3 is 1. The fraction of sp³-hybridized carbons (Fsp3) is 0.480. The minimum absolute atomic E-state index is 0.0402. The number of fused-ring (bicyclic) bond motifs is 1. The molecular weight excluding hydrogens is 410 g/mol. The highest BCUT2D eigenvalue weighted by atomic mass is 32.2. The second-order valence-corrected chi connectivity index (χ2v) is 8.56. The summed E-state index contributed by atoms with van der Waals surface area (Å²) in [5.41, 5.74) is 2.26. The van der Waals surface area contributed by atoms with Gasteiger partial charge in [0.25, 0.3) is 0 Å². The lowest BCUT2D eigenvalue weighted by Crippen LogP contribution is -2.24. The summed E-state index contributed by atoms with van der Waals surface area (Å²) >= 11 is 1.82. The molecule has 0 saturated carbocycles. The second kappa shape index (κ2) is 13.2. The number of benzene rings is 2. The van der Waals surface area contributed by atoms with E-state index >= 15 is 0 Å². The van der Waals surface area contributed by atoms with Crippen LogP contribution in [0.15, 0.2) is 47.4 Å². The average molecular weight is 446 g/mol. The summed E-state index contributed by atoms with van der Waals surface area (Å²) in [5, 5.41) is 8.84. The van der Waals surface area contributed by atoms with Gasteiger partial charge in [0.05, 0.1) is 25.8 Å². The summed E-state index contributed by atoms with van der Waals surface area (Å²) in [5.74, 6) is 1.95. The minimum Gasteiger partial charge on any atom is -0.493 e. The molecule has 0 amide bonds. The van der Waals surface area contributed by atoms with E-state index in [0.717, 1.165) is 35.0 Å². The van der Waals surface area contributed by atoms with Gasteiger partial charge in [0.1, 0.15) is 0 Å². The van der Waals surface area contributed by atoms with Crippen LogP contribution in [0.25, 0.3) is 0 Å². The Labute approximate surface area is 190 Å². The van der Waals surface area contributed by atoms with Crippen molar-refractivity contribution in [2.24, 2.45) is 5.92 Å². The molecule has 1 aliphatic rings. The van der Waals surface area contributed by atoms with Gasteiger partial charge in [-0.1, -0.05) is 58.2 Å². The van der Waals surface area contributed by atoms with Crippen molar-refractivity contribution in [3.8, 4) is 11.5 Å². The molecule has 0 aromatic heterocycles. The number of nitrogens with zero attached hydrogens (tertiary/aromatic N) is 1. The van der Waals surface area contributed by atoms with Crippen molar-refractivity contribution in [3.05, 3.63) is 42.5 Å². The maximum absolute atomic E-state index is 10.8. The lowest BCUT2D eigenvalue weighted by atomic mass is 10.1. The molecular formula is C25H35NO4S. The first-order valence-electron chi connectivity index (χ1n) is 11.1. The van der Waals surface area contributed by atoms with Crippen molar-refractivity contribution in [2.75, 3.05) is 30.9 Å². The molecule has 1 unspecified atom stereocenters. The summed E-state index contributed by atoms with van der Waals surface area (Å²) in [4.78, 5) is 14.2. The Bertz CT molecular complexity index is 811. The van der Waals surface area contributed by atoms with Gasteiger partial charge in [0.15, 0.2) is 11.5 Å². The van der Waals surface area contributed by atoms with Crippen LogP contribution in [0.1, 0.15) is 46.5 Å². The first kappa shape index (κ1) is 24.9. The zero-order valence-electron chi connectivity index (χ0n) is 19.1. The van der Waals surface area contributed by atoms with Crippen LogP contribution in [-0.4, -0.2) is 37.1 Å². The number of carboxylic acids is 1. The third-order valence-electron chi connectivity index (χ3n) is 5.17. The first-order chi connectivity index (χ1) is 15.0. The van der Waals surface area contributed by atoms with Crippen molar-refractivity contribution < 1.29 is 19.4 Å². The largest absolute Gasteiger partial charge is 0.493 e. The predicted octanol–water partition coefficient (Wildman–Crippen LogP) is 6.63. The molecule has 0 saturated heterocycles. The van der Waals surface area contributed by atoms with E-state index in [1.807, 2.05) is 30.0 Å². The smallest absolute Gasteiger partial charge is 0.306 e. The van der Waals surface area contributed by atoms with Crippen LogP contribution >= 0.6 is 11.8 Å². The highest BCUT2D eigenvalue weighted by molar-refractivity contribution is 7.99. The van der Waals surface area contributed by atoms with Crippen LogP contribution in [0.5, 0.6) is 11.5 Å². The number of ether oxygens (including phenoxy) is 2. The predicted molar refractivity (Wildman–Crippen MR) is 129 cm³/mol. The molecule has 2 aromatic carbocycles. The van der Waals surface area contributed by atoms with Gasteiger partial charge in [-0.25, -0.2) is 0 Å². The van der Waals surface area contributed by atoms with E-state index in [9.17, 15) is 4.79 Å². The topological polar surface area (TPSA) is 59.0 Å². The van der Waals surface area contributed by atoms with Crippen molar-refractivity contribution >= 4 is 29.1 Å². The number of para-hydroxylation sites is 1. The normalized spacial score (nSPS) is 15.2. The molecule has 6 heteroatoms. The highest BCUT2D eigenvalue weighted by Crippen LogP contribution is 2.45. The van der Waals surface area contributed by atoms with Gasteiger partial charge in [-0.15, -0.1) is 11.8 Å². The van der Waals surface area contributed by atoms with Gasteiger partial charge < -0.3 is 19.5 Å². The van der Waals surface area contributed by atoms with Gasteiger partial charge in [0.2, 0.25) is 0 Å². The fourth-order valence-corrected chi connectivity index (χ4v) is 4.36. The van der Waals surface area contributed by atoms with Crippen LogP contribution in [0.4, 0.5) is 11.4 Å². The Morgan fingerprint density at radius 3 is 2.42 bits per heavy atom. The molecule has 1 atom stereocenters. The van der Waals surface area contributed by atoms with Crippen LogP contribution in [-0.2, 0) is 4.79 Å². The van der Waals surface area contributed by atoms with Crippen molar-refractivity contribution in [3.63, 3.8) is 0 Å². The molecule has 0 bridgehead atoms. The fourth-order valence-electron chi connectivity index (χ4n) is 3.09. The Hall–Kier alpha value is -2.34. The number of hydrogen-bond acceptors (Lipinski definition) is 5. The number of thioether (sulfide) groups is 1. The van der Waals surface area contributed by atoms with Crippen LogP contribution in [0, 0.1) is 5.92 Å². The number of carboxylic acid groups (broad SMARTS) is 1. The number of anilines is 2. The van der Waals surface area contributed by atoms with Crippen molar-refractivity contribution in [1.29, 1.82) is 0 Å². The molecule has 0 aliphatic carbocycles. The second-order valence-electron chi connectivity index (χ2n) is 7.49. The van der Waals surface area contributed by atoms with Crippen molar-refractivity contribution in [2.45, 2.75) is 51.3 Å². The Morgan fingerprint density at radius 2 is 1.84 bits per heavy atom. The van der Waals surface area contributed by atoms with E-state index in [1.165, 1.54) is 12.8 Å². The minimum atomic E-state index is -0.876. The van der Waals surface area contributed by atoms with E-state index in [2.05, 4.69) is 49.9 Å². The van der Waals surface area contributed by atoms with Gasteiger partial charge in [0, 0.05) is 28.9 Å². The molecule has 5 nitrogen and oxygen atoms in total. The summed E-state index contributed by atoms with van der Waals surface area (Å²) in [6, 6.07) is 14.3. The van der Waals surface area contributed by atoms with Gasteiger partial charge in [-0.3, -0.25) is 4.79 Å². The number of rotatable bonds is 8. The molecule has 1 aliphatic heterocycles. The zero-order chi connectivity index (χ0) is 22.6. The number of hydrogen-bond donors (Lipinski definition) is 1. The summed E-state index contributed by atoms with van der Waals surface area (Å²) in [6.45, 7) is 7.66. The quantitative estimate of drug-likeness (QED) is 0.492. The molecule has 0 spiro atoms. The van der Waals surface area contributed by atoms with E-state index in [1.54, 1.807) is 7.11 Å². The van der Waals surface area contributed by atoms with E-state index < -0.39 is 5.97 Å². The molecule has 2 aromatic rings. The Balaban J connectivity index is 0.000000785. The summed E-state index contributed by atoms with van der Waals surface area (Å²) in [7, 11) is 1.61. The highest BCUT2D eigenvalue weighted by Gasteiger charge is 2.25. The summed E-state index contributed by atoms with van der Waals surface area (Å²) < 4.78 is 11.2.